The van der Waals surface area contributed by atoms with E-state index in [2.05, 4.69) is 0 Å². The summed E-state index contributed by atoms with van der Waals surface area (Å²) < 4.78 is 26.2. The molecular weight excluding hydrogens is 400 g/mol. The Hall–Kier alpha value is -3.00. The SMILES string of the molecule is Cc1ccc(C)o1.Cc1ccc(COCc2ccc(C)o2)o1.OCc1ccc(CO)o1. The van der Waals surface area contributed by atoms with Crippen LogP contribution in [0, 0.1) is 27.7 Å². The fraction of sp³-hybridized carbons (Fsp3) is 0.333. The Kier molecular flexibility index (Phi) is 9.90. The van der Waals surface area contributed by atoms with E-state index in [4.69, 9.17) is 32.6 Å². The minimum Gasteiger partial charge on any atom is -0.467 e. The van der Waals surface area contributed by atoms with Crippen LogP contribution in [0.4, 0.5) is 0 Å². The topological polar surface area (TPSA) is 102 Å². The average Bonchev–Trinajstić information content (AvgIpc) is 3.53. The van der Waals surface area contributed by atoms with Gasteiger partial charge in [-0.1, -0.05) is 0 Å². The van der Waals surface area contributed by atoms with Gasteiger partial charge in [0.05, 0.1) is 0 Å². The van der Waals surface area contributed by atoms with Crippen molar-refractivity contribution in [2.24, 2.45) is 0 Å². The maximum absolute atomic E-state index is 8.47. The average molecular weight is 430 g/mol. The van der Waals surface area contributed by atoms with Crippen molar-refractivity contribution in [3.8, 4) is 0 Å². The third kappa shape index (κ3) is 9.13. The number of ether oxygens (including phenoxy) is 1. The maximum Gasteiger partial charge on any atom is 0.129 e. The molecule has 4 rings (SSSR count). The van der Waals surface area contributed by atoms with Crippen LogP contribution in [0.3, 0.4) is 0 Å². The molecule has 0 aliphatic carbocycles. The van der Waals surface area contributed by atoms with Gasteiger partial charge in [0.25, 0.3) is 0 Å². The van der Waals surface area contributed by atoms with E-state index in [-0.39, 0.29) is 13.2 Å². The van der Waals surface area contributed by atoms with E-state index in [1.54, 1.807) is 12.1 Å². The zero-order valence-corrected chi connectivity index (χ0v) is 18.4. The van der Waals surface area contributed by atoms with Gasteiger partial charge in [0.1, 0.15) is 72.5 Å². The molecule has 0 unspecified atom stereocenters. The van der Waals surface area contributed by atoms with Crippen LogP contribution < -0.4 is 0 Å². The normalized spacial score (nSPS) is 10.3. The quantitative estimate of drug-likeness (QED) is 0.424. The summed E-state index contributed by atoms with van der Waals surface area (Å²) in [6, 6.07) is 14.9. The van der Waals surface area contributed by atoms with Crippen LogP contribution in [0.2, 0.25) is 0 Å². The Morgan fingerprint density at radius 2 is 0.871 bits per heavy atom. The molecule has 0 aromatic carbocycles. The second kappa shape index (κ2) is 12.6. The van der Waals surface area contributed by atoms with Crippen LogP contribution in [-0.4, -0.2) is 10.2 Å². The van der Waals surface area contributed by atoms with Crippen molar-refractivity contribution in [3.63, 3.8) is 0 Å². The molecule has 0 aliphatic heterocycles. The monoisotopic (exact) mass is 430 g/mol. The summed E-state index contributed by atoms with van der Waals surface area (Å²) in [5, 5.41) is 16.9. The molecular formula is C24H30O7. The fourth-order valence-electron chi connectivity index (χ4n) is 2.53. The first-order valence-corrected chi connectivity index (χ1v) is 9.90. The Morgan fingerprint density at radius 1 is 0.516 bits per heavy atom. The minimum absolute atomic E-state index is 0.111. The first-order valence-electron chi connectivity index (χ1n) is 9.90. The highest BCUT2D eigenvalue weighted by Gasteiger charge is 2.01. The van der Waals surface area contributed by atoms with E-state index in [1.165, 1.54) is 0 Å². The van der Waals surface area contributed by atoms with Gasteiger partial charge in [0.15, 0.2) is 0 Å². The summed E-state index contributed by atoms with van der Waals surface area (Å²) >= 11 is 0. The van der Waals surface area contributed by atoms with Gasteiger partial charge in [0, 0.05) is 0 Å². The van der Waals surface area contributed by atoms with E-state index >= 15 is 0 Å². The molecule has 0 radical (unpaired) electrons. The minimum atomic E-state index is -0.111. The van der Waals surface area contributed by atoms with Crippen LogP contribution in [0.5, 0.6) is 0 Å². The summed E-state index contributed by atoms with van der Waals surface area (Å²) in [6.45, 7) is 8.44. The second-order valence-electron chi connectivity index (χ2n) is 6.86. The Labute approximate surface area is 181 Å². The third-order valence-electron chi connectivity index (χ3n) is 3.98. The molecule has 168 valence electrons. The molecule has 31 heavy (non-hydrogen) atoms. The van der Waals surface area contributed by atoms with Crippen molar-refractivity contribution in [1.82, 2.24) is 0 Å². The molecule has 2 N–H and O–H groups in total. The van der Waals surface area contributed by atoms with Crippen LogP contribution in [0.1, 0.15) is 46.1 Å². The molecule has 0 atom stereocenters. The Bertz CT molecular complexity index is 927. The van der Waals surface area contributed by atoms with E-state index < -0.39 is 0 Å². The number of rotatable bonds is 6. The van der Waals surface area contributed by atoms with E-state index in [9.17, 15) is 0 Å². The number of aliphatic hydroxyl groups is 2. The second-order valence-corrected chi connectivity index (χ2v) is 6.86. The van der Waals surface area contributed by atoms with E-state index in [0.29, 0.717) is 24.7 Å². The predicted octanol–water partition coefficient (Wildman–Crippen LogP) is 5.37. The molecule has 0 spiro atoms. The Morgan fingerprint density at radius 3 is 1.13 bits per heavy atom. The molecule has 0 amide bonds. The number of hydrogen-bond acceptors (Lipinski definition) is 7. The van der Waals surface area contributed by atoms with Crippen molar-refractivity contribution < 1.29 is 32.6 Å². The molecule has 0 saturated heterocycles. The summed E-state index contributed by atoms with van der Waals surface area (Å²) in [5.74, 6) is 6.43. The summed E-state index contributed by atoms with van der Waals surface area (Å²) in [5.41, 5.74) is 0. The van der Waals surface area contributed by atoms with Gasteiger partial charge in [-0.05, 0) is 76.2 Å². The van der Waals surface area contributed by atoms with Crippen LogP contribution >= 0.6 is 0 Å². The number of aliphatic hydroxyl groups excluding tert-OH is 2. The zero-order chi connectivity index (χ0) is 22.6. The lowest BCUT2D eigenvalue weighted by Crippen LogP contribution is -1.91. The predicted molar refractivity (Wildman–Crippen MR) is 114 cm³/mol. The van der Waals surface area contributed by atoms with Crippen LogP contribution in [0.15, 0.2) is 66.2 Å². The lowest BCUT2D eigenvalue weighted by molar-refractivity contribution is 0.0793. The van der Waals surface area contributed by atoms with E-state index in [0.717, 1.165) is 34.6 Å². The molecule has 0 bridgehead atoms. The maximum atomic E-state index is 8.47. The lowest BCUT2D eigenvalue weighted by atomic mass is 10.4. The first-order chi connectivity index (χ1) is 14.9. The van der Waals surface area contributed by atoms with Crippen molar-refractivity contribution in [2.45, 2.75) is 54.1 Å². The smallest absolute Gasteiger partial charge is 0.129 e. The highest BCUT2D eigenvalue weighted by molar-refractivity contribution is 5.06. The van der Waals surface area contributed by atoms with Crippen LogP contribution in [-0.2, 0) is 31.2 Å². The molecule has 7 nitrogen and oxygen atoms in total. The molecule has 4 heterocycles. The van der Waals surface area contributed by atoms with Gasteiger partial charge in [-0.25, -0.2) is 0 Å². The molecule has 0 saturated carbocycles. The zero-order valence-electron chi connectivity index (χ0n) is 18.4. The molecule has 7 heteroatoms. The van der Waals surface area contributed by atoms with Crippen molar-refractivity contribution in [1.29, 1.82) is 0 Å². The van der Waals surface area contributed by atoms with Gasteiger partial charge in [0.2, 0.25) is 0 Å². The van der Waals surface area contributed by atoms with Gasteiger partial charge >= 0.3 is 0 Å². The van der Waals surface area contributed by atoms with Crippen molar-refractivity contribution >= 4 is 0 Å². The molecule has 0 aliphatic rings. The summed E-state index contributed by atoms with van der Waals surface area (Å²) in [7, 11) is 0. The molecule has 4 aromatic rings. The first kappa shape index (κ1) is 24.3. The fourth-order valence-corrected chi connectivity index (χ4v) is 2.53. The van der Waals surface area contributed by atoms with Gasteiger partial charge < -0.3 is 32.6 Å². The van der Waals surface area contributed by atoms with Gasteiger partial charge in [-0.2, -0.15) is 0 Å². The van der Waals surface area contributed by atoms with Crippen molar-refractivity contribution in [3.05, 3.63) is 94.6 Å². The van der Waals surface area contributed by atoms with E-state index in [1.807, 2.05) is 64.1 Å². The molecule has 0 fully saturated rings. The number of aryl methyl sites for hydroxylation is 4. The summed E-state index contributed by atoms with van der Waals surface area (Å²) in [4.78, 5) is 0. The Balaban J connectivity index is 0.000000181. The van der Waals surface area contributed by atoms with Crippen LogP contribution in [0.25, 0.3) is 0 Å². The summed E-state index contributed by atoms with van der Waals surface area (Å²) in [6.07, 6.45) is 0. The number of furan rings is 4. The molecule has 4 aromatic heterocycles. The lowest BCUT2D eigenvalue weighted by Gasteiger charge is -1.98. The standard InChI is InChI=1S/C12H14O3.C6H8O3.C6H8O/c1-9-3-5-11(14-9)7-13-8-12-6-4-10(2)15-12;7-3-5-1-2-6(4-8)9-5;1-5-3-4-6(2)7-5/h3-6H,7-8H2,1-2H3;1-2,7-8H,3-4H2;3-4H,1-2H3. The van der Waals surface area contributed by atoms with Gasteiger partial charge in [-0.15, -0.1) is 0 Å². The highest BCUT2D eigenvalue weighted by atomic mass is 16.5. The van der Waals surface area contributed by atoms with Gasteiger partial charge in [-0.3, -0.25) is 0 Å². The highest BCUT2D eigenvalue weighted by Crippen LogP contribution is 2.11. The van der Waals surface area contributed by atoms with Crippen molar-refractivity contribution in [2.75, 3.05) is 0 Å². The number of hydrogen-bond donors (Lipinski definition) is 2. The third-order valence-corrected chi connectivity index (χ3v) is 3.98. The largest absolute Gasteiger partial charge is 0.467 e.